The van der Waals surface area contributed by atoms with E-state index in [2.05, 4.69) is 15.4 Å². The highest BCUT2D eigenvalue weighted by Crippen LogP contribution is 2.47. The Morgan fingerprint density at radius 2 is 2.16 bits per heavy atom. The van der Waals surface area contributed by atoms with Crippen molar-refractivity contribution in [2.75, 3.05) is 0 Å². The first-order chi connectivity index (χ1) is 12.0. The normalized spacial score (nSPS) is 31.5. The summed E-state index contributed by atoms with van der Waals surface area (Å²) in [5, 5.41) is 18.2. The van der Waals surface area contributed by atoms with Crippen LogP contribution in [0.25, 0.3) is 0 Å². The highest BCUT2D eigenvalue weighted by Gasteiger charge is 2.45. The topological polar surface area (TPSA) is 80.0 Å². The fourth-order valence-corrected chi connectivity index (χ4v) is 3.96. The number of nitrogens with zero attached hydrogens (tertiary/aromatic N) is 3. The van der Waals surface area contributed by atoms with Crippen molar-refractivity contribution in [1.29, 1.82) is 0 Å². The van der Waals surface area contributed by atoms with Crippen LogP contribution in [0.3, 0.4) is 0 Å². The van der Waals surface area contributed by atoms with Gasteiger partial charge in [-0.3, -0.25) is 14.5 Å². The average molecular weight is 340 g/mol. The van der Waals surface area contributed by atoms with Crippen LogP contribution in [0.5, 0.6) is 0 Å². The first-order valence-corrected chi connectivity index (χ1v) is 8.97. The van der Waals surface area contributed by atoms with E-state index in [9.17, 15) is 9.90 Å². The molecule has 0 aromatic carbocycles. The average Bonchev–Trinajstić information content (AvgIpc) is 3.32. The largest absolute Gasteiger partial charge is 0.385 e. The number of aromatic nitrogens is 3. The SMILES string of the molecule is Cn1cc([C@@H]2C[C@H]2C(=O)NC2CCC(O)(c3cccnc3)CC2)cn1. The van der Waals surface area contributed by atoms with Gasteiger partial charge in [-0.2, -0.15) is 5.10 Å². The van der Waals surface area contributed by atoms with E-state index < -0.39 is 5.60 Å². The van der Waals surface area contributed by atoms with E-state index in [4.69, 9.17) is 0 Å². The zero-order valence-corrected chi connectivity index (χ0v) is 14.4. The maximum Gasteiger partial charge on any atom is 0.223 e. The van der Waals surface area contributed by atoms with E-state index in [0.29, 0.717) is 18.8 Å². The molecule has 2 aromatic rings. The molecule has 25 heavy (non-hydrogen) atoms. The molecule has 4 rings (SSSR count). The van der Waals surface area contributed by atoms with Crippen molar-refractivity contribution in [2.45, 2.75) is 49.7 Å². The standard InChI is InChI=1S/C19H24N4O2/c1-23-12-13(10-21-23)16-9-17(16)18(24)22-15-4-6-19(25,7-5-15)14-3-2-8-20-11-14/h2-3,8,10-12,15-17,25H,4-7,9H2,1H3,(H,22,24)/t15?,16-,17+,19?/m0/s1. The van der Waals surface area contributed by atoms with Crippen LogP contribution in [-0.4, -0.2) is 31.8 Å². The summed E-state index contributed by atoms with van der Waals surface area (Å²) >= 11 is 0. The third-order valence-corrected chi connectivity index (χ3v) is 5.64. The Hall–Kier alpha value is -2.21. The maximum absolute atomic E-state index is 12.5. The van der Waals surface area contributed by atoms with Crippen LogP contribution >= 0.6 is 0 Å². The Balaban J connectivity index is 1.30. The van der Waals surface area contributed by atoms with Crippen molar-refractivity contribution >= 4 is 5.91 Å². The molecule has 0 saturated heterocycles. The Bertz CT molecular complexity index is 750. The zero-order chi connectivity index (χ0) is 17.4. The summed E-state index contributed by atoms with van der Waals surface area (Å²) in [5.41, 5.74) is 1.21. The van der Waals surface area contributed by atoms with Gasteiger partial charge in [-0.15, -0.1) is 0 Å². The lowest BCUT2D eigenvalue weighted by molar-refractivity contribution is -0.123. The lowest BCUT2D eigenvalue weighted by Gasteiger charge is -2.36. The molecule has 2 heterocycles. The van der Waals surface area contributed by atoms with Gasteiger partial charge in [-0.05, 0) is 49.7 Å². The van der Waals surface area contributed by atoms with Gasteiger partial charge < -0.3 is 10.4 Å². The van der Waals surface area contributed by atoms with E-state index in [0.717, 1.165) is 30.4 Å². The monoisotopic (exact) mass is 340 g/mol. The first-order valence-electron chi connectivity index (χ1n) is 8.97. The second kappa shape index (κ2) is 6.26. The number of hydrogen-bond donors (Lipinski definition) is 2. The van der Waals surface area contributed by atoms with Crippen LogP contribution in [0, 0.1) is 5.92 Å². The molecule has 6 heteroatoms. The molecule has 2 aromatic heterocycles. The summed E-state index contributed by atoms with van der Waals surface area (Å²) in [4.78, 5) is 16.6. The van der Waals surface area contributed by atoms with Crippen LogP contribution < -0.4 is 5.32 Å². The minimum Gasteiger partial charge on any atom is -0.385 e. The number of pyridine rings is 1. The second-order valence-corrected chi connectivity index (χ2v) is 7.45. The van der Waals surface area contributed by atoms with Crippen molar-refractivity contribution < 1.29 is 9.90 Å². The number of carbonyl (C=O) groups is 1. The van der Waals surface area contributed by atoms with Crippen molar-refractivity contribution in [3.63, 3.8) is 0 Å². The highest BCUT2D eigenvalue weighted by atomic mass is 16.3. The smallest absolute Gasteiger partial charge is 0.223 e. The molecule has 0 radical (unpaired) electrons. The van der Waals surface area contributed by atoms with Crippen LogP contribution in [0.2, 0.25) is 0 Å². The molecule has 2 aliphatic carbocycles. The Kier molecular flexibility index (Phi) is 4.07. The Morgan fingerprint density at radius 1 is 1.36 bits per heavy atom. The van der Waals surface area contributed by atoms with Crippen molar-refractivity contribution in [3.8, 4) is 0 Å². The summed E-state index contributed by atoms with van der Waals surface area (Å²) in [6.45, 7) is 0. The molecule has 2 fully saturated rings. The van der Waals surface area contributed by atoms with Gasteiger partial charge in [0.25, 0.3) is 0 Å². The van der Waals surface area contributed by atoms with E-state index >= 15 is 0 Å². The quantitative estimate of drug-likeness (QED) is 0.890. The molecule has 2 aliphatic rings. The van der Waals surface area contributed by atoms with E-state index in [1.807, 2.05) is 31.6 Å². The van der Waals surface area contributed by atoms with Crippen molar-refractivity contribution in [2.24, 2.45) is 13.0 Å². The number of hydrogen-bond acceptors (Lipinski definition) is 4. The predicted molar refractivity (Wildman–Crippen MR) is 92.6 cm³/mol. The van der Waals surface area contributed by atoms with E-state index in [1.54, 1.807) is 17.1 Å². The number of amides is 1. The molecule has 0 bridgehead atoms. The van der Waals surface area contributed by atoms with Crippen LogP contribution in [0.4, 0.5) is 0 Å². The van der Waals surface area contributed by atoms with Gasteiger partial charge in [0.05, 0.1) is 11.8 Å². The first kappa shape index (κ1) is 16.3. The molecular weight excluding hydrogens is 316 g/mol. The third-order valence-electron chi connectivity index (χ3n) is 5.64. The highest BCUT2D eigenvalue weighted by molar-refractivity contribution is 5.83. The molecule has 2 N–H and O–H groups in total. The summed E-state index contributed by atoms with van der Waals surface area (Å²) in [6, 6.07) is 3.93. The molecule has 2 saturated carbocycles. The summed E-state index contributed by atoms with van der Waals surface area (Å²) in [7, 11) is 1.90. The molecule has 0 unspecified atom stereocenters. The lowest BCUT2D eigenvalue weighted by Crippen LogP contribution is -2.42. The van der Waals surface area contributed by atoms with Crippen LogP contribution in [0.1, 0.15) is 49.1 Å². The lowest BCUT2D eigenvalue weighted by atomic mass is 9.78. The molecule has 0 spiro atoms. The fraction of sp³-hybridized carbons (Fsp3) is 0.526. The van der Waals surface area contributed by atoms with E-state index in [1.165, 1.54) is 0 Å². The van der Waals surface area contributed by atoms with Gasteiger partial charge in [0, 0.05) is 43.2 Å². The summed E-state index contributed by atoms with van der Waals surface area (Å²) in [5.74, 6) is 0.527. The fourth-order valence-electron chi connectivity index (χ4n) is 3.96. The zero-order valence-electron chi connectivity index (χ0n) is 14.4. The van der Waals surface area contributed by atoms with Gasteiger partial charge in [-0.1, -0.05) is 6.07 Å². The van der Waals surface area contributed by atoms with Crippen LogP contribution in [-0.2, 0) is 17.4 Å². The van der Waals surface area contributed by atoms with Gasteiger partial charge >= 0.3 is 0 Å². The van der Waals surface area contributed by atoms with Gasteiger partial charge in [0.2, 0.25) is 5.91 Å². The van der Waals surface area contributed by atoms with Crippen LogP contribution in [0.15, 0.2) is 36.9 Å². The van der Waals surface area contributed by atoms with Gasteiger partial charge in [0.1, 0.15) is 0 Å². The number of rotatable bonds is 4. The second-order valence-electron chi connectivity index (χ2n) is 7.45. The van der Waals surface area contributed by atoms with Gasteiger partial charge in [-0.25, -0.2) is 0 Å². The van der Waals surface area contributed by atoms with Gasteiger partial charge in [0.15, 0.2) is 0 Å². The number of aryl methyl sites for hydroxylation is 1. The molecular formula is C19H24N4O2. The minimum absolute atomic E-state index is 0.0725. The molecule has 6 nitrogen and oxygen atoms in total. The van der Waals surface area contributed by atoms with E-state index in [-0.39, 0.29) is 17.9 Å². The van der Waals surface area contributed by atoms with Crippen molar-refractivity contribution in [1.82, 2.24) is 20.1 Å². The maximum atomic E-state index is 12.5. The predicted octanol–water partition coefficient (Wildman–Crippen LogP) is 1.87. The van der Waals surface area contributed by atoms with Crippen molar-refractivity contribution in [3.05, 3.63) is 48.0 Å². The Morgan fingerprint density at radius 3 is 2.80 bits per heavy atom. The third kappa shape index (κ3) is 3.31. The Labute approximate surface area is 147 Å². The summed E-state index contributed by atoms with van der Waals surface area (Å²) in [6.07, 6.45) is 11.1. The molecule has 1 amide bonds. The molecule has 132 valence electrons. The minimum atomic E-state index is -0.812. The number of carbonyl (C=O) groups excluding carboxylic acids is 1. The molecule has 2 atom stereocenters. The summed E-state index contributed by atoms with van der Waals surface area (Å²) < 4.78 is 1.78. The number of aliphatic hydroxyl groups is 1. The molecule has 0 aliphatic heterocycles. The number of nitrogens with one attached hydrogen (secondary N) is 1.